The monoisotopic (exact) mass is 307 g/mol. The minimum Gasteiger partial charge on any atom is -0.481 e. The smallest absolute Gasteiger partial charge is 0.305 e. The average molecular weight is 308 g/mol. The van der Waals surface area contributed by atoms with Crippen LogP contribution in [0.2, 0.25) is 5.15 Å². The number of carbonyl (C=O) groups is 1. The molecule has 0 atom stereocenters. The third kappa shape index (κ3) is 3.98. The molecular formula is C15H18ClN3O2. The van der Waals surface area contributed by atoms with E-state index in [0.29, 0.717) is 18.2 Å². The van der Waals surface area contributed by atoms with E-state index < -0.39 is 5.97 Å². The number of imidazole rings is 1. The summed E-state index contributed by atoms with van der Waals surface area (Å²) in [5, 5.41) is 9.47. The highest BCUT2D eigenvalue weighted by Gasteiger charge is 2.13. The van der Waals surface area contributed by atoms with Crippen molar-refractivity contribution in [1.29, 1.82) is 0 Å². The van der Waals surface area contributed by atoms with Gasteiger partial charge in [-0.1, -0.05) is 29.3 Å². The van der Waals surface area contributed by atoms with Crippen LogP contribution in [0.5, 0.6) is 0 Å². The van der Waals surface area contributed by atoms with Gasteiger partial charge in [0, 0.05) is 19.3 Å². The van der Waals surface area contributed by atoms with Gasteiger partial charge in [-0.15, -0.1) is 0 Å². The Morgan fingerprint density at radius 1 is 1.38 bits per heavy atom. The van der Waals surface area contributed by atoms with Gasteiger partial charge in [0.25, 0.3) is 0 Å². The van der Waals surface area contributed by atoms with Gasteiger partial charge in [-0.2, -0.15) is 0 Å². The first-order valence-corrected chi connectivity index (χ1v) is 7.04. The Balaban J connectivity index is 2.21. The molecule has 0 aliphatic rings. The minimum atomic E-state index is -0.815. The summed E-state index contributed by atoms with van der Waals surface area (Å²) < 4.78 is 1.80. The van der Waals surface area contributed by atoms with E-state index >= 15 is 0 Å². The highest BCUT2D eigenvalue weighted by molar-refractivity contribution is 6.29. The van der Waals surface area contributed by atoms with Gasteiger partial charge >= 0.3 is 5.97 Å². The number of hydrogen-bond donors (Lipinski definition) is 1. The first-order valence-electron chi connectivity index (χ1n) is 6.67. The molecule has 0 radical (unpaired) electrons. The van der Waals surface area contributed by atoms with E-state index in [4.69, 9.17) is 16.7 Å². The molecule has 0 fully saturated rings. The number of halogens is 1. The minimum absolute atomic E-state index is 0.0754. The molecule has 0 spiro atoms. The first-order chi connectivity index (χ1) is 9.97. The predicted octanol–water partition coefficient (Wildman–Crippen LogP) is 2.86. The Morgan fingerprint density at radius 3 is 2.57 bits per heavy atom. The molecule has 0 aliphatic carbocycles. The summed E-state index contributed by atoms with van der Waals surface area (Å²) in [6.07, 6.45) is 1.67. The van der Waals surface area contributed by atoms with Crippen molar-refractivity contribution >= 4 is 23.3 Å². The van der Waals surface area contributed by atoms with Crippen LogP contribution in [-0.4, -0.2) is 27.2 Å². The van der Waals surface area contributed by atoms with Crippen molar-refractivity contribution in [1.82, 2.24) is 9.55 Å². The number of aromatic nitrogens is 2. The predicted molar refractivity (Wildman–Crippen MR) is 82.7 cm³/mol. The number of rotatable bonds is 6. The second kappa shape index (κ2) is 6.63. The maximum atomic E-state index is 10.8. The molecular weight excluding hydrogens is 290 g/mol. The van der Waals surface area contributed by atoms with E-state index in [0.717, 1.165) is 17.1 Å². The van der Waals surface area contributed by atoms with Crippen molar-refractivity contribution in [2.24, 2.45) is 7.05 Å². The lowest BCUT2D eigenvalue weighted by Gasteiger charge is -2.24. The molecule has 0 unspecified atom stereocenters. The molecule has 0 aliphatic heterocycles. The average Bonchev–Trinajstić information content (AvgIpc) is 2.76. The second-order valence-electron chi connectivity index (χ2n) is 4.96. The number of anilines is 1. The second-order valence-corrected chi connectivity index (χ2v) is 5.34. The molecule has 0 bridgehead atoms. The summed E-state index contributed by atoms with van der Waals surface area (Å²) in [4.78, 5) is 17.1. The van der Waals surface area contributed by atoms with Gasteiger partial charge in [-0.3, -0.25) is 4.79 Å². The van der Waals surface area contributed by atoms with E-state index in [1.165, 1.54) is 0 Å². The Morgan fingerprint density at radius 2 is 2.05 bits per heavy atom. The van der Waals surface area contributed by atoms with E-state index in [1.54, 1.807) is 10.8 Å². The standard InChI is InChI=1S/C15H18ClN3O2/c1-11-3-5-12(6-4-11)19(8-7-15(20)21)10-14-17-9-13(16)18(14)2/h3-6,9H,7-8,10H2,1-2H3,(H,20,21). The van der Waals surface area contributed by atoms with Crippen molar-refractivity contribution in [2.45, 2.75) is 19.9 Å². The lowest BCUT2D eigenvalue weighted by molar-refractivity contribution is -0.136. The zero-order chi connectivity index (χ0) is 15.4. The van der Waals surface area contributed by atoms with Crippen molar-refractivity contribution in [3.05, 3.63) is 47.0 Å². The Bertz CT molecular complexity index is 622. The van der Waals surface area contributed by atoms with Crippen LogP contribution in [0.4, 0.5) is 5.69 Å². The lowest BCUT2D eigenvalue weighted by Crippen LogP contribution is -2.27. The zero-order valence-electron chi connectivity index (χ0n) is 12.1. The zero-order valence-corrected chi connectivity index (χ0v) is 12.8. The SMILES string of the molecule is Cc1ccc(N(CCC(=O)O)Cc2ncc(Cl)n2C)cc1. The van der Waals surface area contributed by atoms with E-state index in [9.17, 15) is 4.79 Å². The van der Waals surface area contributed by atoms with Crippen LogP contribution in [0, 0.1) is 6.92 Å². The largest absolute Gasteiger partial charge is 0.481 e. The van der Waals surface area contributed by atoms with E-state index in [1.807, 2.05) is 43.1 Å². The van der Waals surface area contributed by atoms with Gasteiger partial charge in [0.2, 0.25) is 0 Å². The van der Waals surface area contributed by atoms with Crippen LogP contribution in [0.1, 0.15) is 17.8 Å². The van der Waals surface area contributed by atoms with Gasteiger partial charge in [-0.05, 0) is 19.1 Å². The molecule has 21 heavy (non-hydrogen) atoms. The fraction of sp³-hybridized carbons (Fsp3) is 0.333. The summed E-state index contributed by atoms with van der Waals surface area (Å²) in [6, 6.07) is 7.99. The molecule has 1 aromatic heterocycles. The number of aliphatic carboxylic acids is 1. The summed E-state index contributed by atoms with van der Waals surface area (Å²) in [6.45, 7) is 2.95. The molecule has 2 aromatic rings. The normalized spacial score (nSPS) is 10.6. The summed E-state index contributed by atoms with van der Waals surface area (Å²) >= 11 is 5.99. The van der Waals surface area contributed by atoms with E-state index in [-0.39, 0.29) is 6.42 Å². The summed E-state index contributed by atoms with van der Waals surface area (Å²) in [5.41, 5.74) is 2.14. The van der Waals surface area contributed by atoms with Crippen molar-refractivity contribution in [3.8, 4) is 0 Å². The molecule has 0 amide bonds. The van der Waals surface area contributed by atoms with Crippen LogP contribution in [0.25, 0.3) is 0 Å². The fourth-order valence-corrected chi connectivity index (χ4v) is 2.17. The number of carboxylic acid groups (broad SMARTS) is 1. The first kappa shape index (κ1) is 15.4. The summed E-state index contributed by atoms with van der Waals surface area (Å²) in [5.74, 6) is -0.0176. The fourth-order valence-electron chi connectivity index (χ4n) is 2.03. The van der Waals surface area contributed by atoms with Gasteiger partial charge in [-0.25, -0.2) is 4.98 Å². The van der Waals surface area contributed by atoms with Crippen LogP contribution in [-0.2, 0) is 18.4 Å². The van der Waals surface area contributed by atoms with Gasteiger partial charge < -0.3 is 14.6 Å². The third-order valence-electron chi connectivity index (χ3n) is 3.35. The van der Waals surface area contributed by atoms with Crippen LogP contribution >= 0.6 is 11.6 Å². The quantitative estimate of drug-likeness (QED) is 0.891. The topological polar surface area (TPSA) is 58.4 Å². The molecule has 112 valence electrons. The third-order valence-corrected chi connectivity index (χ3v) is 3.71. The number of hydrogen-bond acceptors (Lipinski definition) is 3. The van der Waals surface area contributed by atoms with Crippen molar-refractivity contribution in [3.63, 3.8) is 0 Å². The maximum absolute atomic E-state index is 10.8. The van der Waals surface area contributed by atoms with Crippen LogP contribution in [0.3, 0.4) is 0 Å². The Kier molecular flexibility index (Phi) is 4.85. The highest BCUT2D eigenvalue weighted by atomic mass is 35.5. The number of benzene rings is 1. The molecule has 6 heteroatoms. The molecule has 2 rings (SSSR count). The van der Waals surface area contributed by atoms with Gasteiger partial charge in [0.05, 0.1) is 19.2 Å². The maximum Gasteiger partial charge on any atom is 0.305 e. The number of aryl methyl sites for hydroxylation is 1. The van der Waals surface area contributed by atoms with Gasteiger partial charge in [0.1, 0.15) is 11.0 Å². The molecule has 1 N–H and O–H groups in total. The highest BCUT2D eigenvalue weighted by Crippen LogP contribution is 2.19. The molecule has 0 saturated carbocycles. The molecule has 1 heterocycles. The van der Waals surface area contributed by atoms with Crippen molar-refractivity contribution in [2.75, 3.05) is 11.4 Å². The van der Waals surface area contributed by atoms with Crippen LogP contribution in [0.15, 0.2) is 30.5 Å². The van der Waals surface area contributed by atoms with Gasteiger partial charge in [0.15, 0.2) is 0 Å². The number of nitrogens with zero attached hydrogens (tertiary/aromatic N) is 3. The van der Waals surface area contributed by atoms with Crippen LogP contribution < -0.4 is 4.90 Å². The molecule has 0 saturated heterocycles. The van der Waals surface area contributed by atoms with E-state index in [2.05, 4.69) is 4.98 Å². The number of carboxylic acids is 1. The Hall–Kier alpha value is -2.01. The Labute approximate surface area is 128 Å². The summed E-state index contributed by atoms with van der Waals surface area (Å²) in [7, 11) is 1.84. The lowest BCUT2D eigenvalue weighted by atomic mass is 10.2. The van der Waals surface area contributed by atoms with Crippen molar-refractivity contribution < 1.29 is 9.90 Å². The molecule has 5 nitrogen and oxygen atoms in total. The molecule has 1 aromatic carbocycles.